The molecule has 0 spiro atoms. The van der Waals surface area contributed by atoms with Gasteiger partial charge >= 0.3 is 0 Å². The van der Waals surface area contributed by atoms with Crippen LogP contribution in [0.4, 0.5) is 0 Å². The lowest BCUT2D eigenvalue weighted by Crippen LogP contribution is -2.38. The van der Waals surface area contributed by atoms with Crippen molar-refractivity contribution in [2.75, 3.05) is 20.3 Å². The quantitative estimate of drug-likeness (QED) is 0.763. The number of amides is 1. The van der Waals surface area contributed by atoms with Crippen molar-refractivity contribution in [2.45, 2.75) is 24.8 Å². The first kappa shape index (κ1) is 17.7. The first-order chi connectivity index (χ1) is 9.74. The van der Waals surface area contributed by atoms with Gasteiger partial charge in [-0.15, -0.1) is 0 Å². The molecule has 8 heteroatoms. The highest BCUT2D eigenvalue weighted by Crippen LogP contribution is 2.23. The maximum Gasteiger partial charge on any atom is 0.261 e. The number of methoxy groups -OCH3 is 1. The van der Waals surface area contributed by atoms with Crippen LogP contribution in [0.3, 0.4) is 0 Å². The Morgan fingerprint density at radius 2 is 2.10 bits per heavy atom. The molecule has 6 nitrogen and oxygen atoms in total. The Hall–Kier alpha value is -1.31. The number of ether oxygens (including phenoxy) is 2. The molecule has 1 aromatic rings. The third kappa shape index (κ3) is 5.91. The summed E-state index contributed by atoms with van der Waals surface area (Å²) in [5.41, 5.74) is 0.578. The molecule has 1 amide bonds. The van der Waals surface area contributed by atoms with Gasteiger partial charge in [-0.05, 0) is 37.6 Å². The molecular weight excluding hydrogens is 318 g/mol. The Balaban J connectivity index is 2.62. The normalized spacial score (nSPS) is 12.8. The van der Waals surface area contributed by atoms with Gasteiger partial charge in [0.05, 0.1) is 11.5 Å². The zero-order valence-corrected chi connectivity index (χ0v) is 13.6. The Morgan fingerprint density at radius 3 is 2.62 bits per heavy atom. The number of benzene rings is 1. The molecule has 0 heterocycles. The summed E-state index contributed by atoms with van der Waals surface area (Å²) in [5, 5.41) is 2.70. The van der Waals surface area contributed by atoms with E-state index >= 15 is 0 Å². The second-order valence-electron chi connectivity index (χ2n) is 4.58. The summed E-state index contributed by atoms with van der Waals surface area (Å²) < 4.78 is 32.6. The van der Waals surface area contributed by atoms with Crippen LogP contribution in [0.2, 0.25) is 0 Å². The summed E-state index contributed by atoms with van der Waals surface area (Å²) in [7, 11) is 3.03. The van der Waals surface area contributed by atoms with E-state index in [-0.39, 0.29) is 23.5 Å². The molecule has 0 bridgehead atoms. The van der Waals surface area contributed by atoms with Crippen LogP contribution in [0.25, 0.3) is 0 Å². The fourth-order valence-electron chi connectivity index (χ4n) is 1.69. The molecule has 0 aromatic heterocycles. The van der Waals surface area contributed by atoms with Gasteiger partial charge in [-0.3, -0.25) is 4.79 Å². The lowest BCUT2D eigenvalue weighted by Gasteiger charge is -2.14. The van der Waals surface area contributed by atoms with E-state index in [2.05, 4.69) is 5.32 Å². The first-order valence-electron chi connectivity index (χ1n) is 6.20. The molecule has 1 rings (SSSR count). The van der Waals surface area contributed by atoms with Gasteiger partial charge in [0.15, 0.2) is 6.61 Å². The second kappa shape index (κ2) is 7.63. The summed E-state index contributed by atoms with van der Waals surface area (Å²) >= 11 is 0. The van der Waals surface area contributed by atoms with Crippen molar-refractivity contribution >= 4 is 25.6 Å². The van der Waals surface area contributed by atoms with E-state index in [9.17, 15) is 13.2 Å². The number of carbonyl (C=O) groups excluding carboxylic acids is 1. The van der Waals surface area contributed by atoms with Crippen LogP contribution < -0.4 is 10.1 Å². The van der Waals surface area contributed by atoms with Crippen LogP contribution in [0.15, 0.2) is 23.1 Å². The first-order valence-corrected chi connectivity index (χ1v) is 8.51. The summed E-state index contributed by atoms with van der Waals surface area (Å²) in [4.78, 5) is 11.6. The van der Waals surface area contributed by atoms with Gasteiger partial charge in [-0.25, -0.2) is 8.42 Å². The van der Waals surface area contributed by atoms with Gasteiger partial charge in [-0.2, -0.15) is 0 Å². The third-order valence-electron chi connectivity index (χ3n) is 2.61. The minimum Gasteiger partial charge on any atom is -0.484 e. The van der Waals surface area contributed by atoms with Crippen LogP contribution in [-0.4, -0.2) is 40.7 Å². The van der Waals surface area contributed by atoms with Gasteiger partial charge in [0.2, 0.25) is 0 Å². The zero-order chi connectivity index (χ0) is 16.0. The van der Waals surface area contributed by atoms with E-state index in [0.717, 1.165) is 0 Å². The number of hydrogen-bond acceptors (Lipinski definition) is 5. The zero-order valence-electron chi connectivity index (χ0n) is 12.1. The monoisotopic (exact) mass is 335 g/mol. The molecular formula is C13H18ClNO5S. The summed E-state index contributed by atoms with van der Waals surface area (Å²) in [6.07, 6.45) is 0. The van der Waals surface area contributed by atoms with Crippen molar-refractivity contribution < 1.29 is 22.7 Å². The largest absolute Gasteiger partial charge is 0.484 e. The van der Waals surface area contributed by atoms with E-state index in [1.807, 2.05) is 6.92 Å². The molecule has 21 heavy (non-hydrogen) atoms. The Labute approximate surface area is 128 Å². The molecule has 0 saturated heterocycles. The van der Waals surface area contributed by atoms with Crippen molar-refractivity contribution in [3.63, 3.8) is 0 Å². The van der Waals surface area contributed by atoms with E-state index in [1.54, 1.807) is 14.0 Å². The molecule has 118 valence electrons. The fourth-order valence-corrected chi connectivity index (χ4v) is 2.52. The number of aryl methyl sites for hydroxylation is 1. The number of carbonyl (C=O) groups is 1. The van der Waals surface area contributed by atoms with E-state index < -0.39 is 9.05 Å². The average Bonchev–Trinajstić information content (AvgIpc) is 2.36. The van der Waals surface area contributed by atoms with Crippen LogP contribution in [0.5, 0.6) is 5.75 Å². The topological polar surface area (TPSA) is 81.7 Å². The molecule has 1 N–H and O–H groups in total. The minimum absolute atomic E-state index is 0.00724. The molecule has 0 aliphatic carbocycles. The van der Waals surface area contributed by atoms with Crippen molar-refractivity contribution in [3.8, 4) is 5.75 Å². The van der Waals surface area contributed by atoms with Gasteiger partial charge in [0.25, 0.3) is 15.0 Å². The molecule has 1 unspecified atom stereocenters. The predicted molar refractivity (Wildman–Crippen MR) is 79.2 cm³/mol. The number of nitrogens with one attached hydrogen (secondary N) is 1. The molecule has 1 atom stereocenters. The molecule has 0 aliphatic heterocycles. The summed E-state index contributed by atoms with van der Waals surface area (Å²) in [6.45, 7) is 3.73. The maximum atomic E-state index is 11.6. The van der Waals surface area contributed by atoms with Gasteiger partial charge in [0.1, 0.15) is 5.75 Å². The fraction of sp³-hybridized carbons (Fsp3) is 0.462. The van der Waals surface area contributed by atoms with Crippen molar-refractivity contribution in [1.29, 1.82) is 0 Å². The third-order valence-corrected chi connectivity index (χ3v) is 3.96. The van der Waals surface area contributed by atoms with Crippen LogP contribution >= 0.6 is 10.7 Å². The van der Waals surface area contributed by atoms with E-state index in [0.29, 0.717) is 17.9 Å². The van der Waals surface area contributed by atoms with Gasteiger partial charge < -0.3 is 14.8 Å². The Bertz CT molecular complexity index is 603. The van der Waals surface area contributed by atoms with E-state index in [1.165, 1.54) is 18.2 Å². The van der Waals surface area contributed by atoms with Crippen molar-refractivity contribution in [3.05, 3.63) is 23.8 Å². The number of halogens is 1. The predicted octanol–water partition coefficient (Wildman–Crippen LogP) is 1.45. The van der Waals surface area contributed by atoms with E-state index in [4.69, 9.17) is 20.2 Å². The molecule has 0 saturated carbocycles. The maximum absolute atomic E-state index is 11.6. The molecule has 1 aromatic carbocycles. The highest BCUT2D eigenvalue weighted by molar-refractivity contribution is 8.13. The van der Waals surface area contributed by atoms with Crippen molar-refractivity contribution in [2.24, 2.45) is 0 Å². The lowest BCUT2D eigenvalue weighted by molar-refractivity contribution is -0.124. The molecule has 0 aliphatic rings. The van der Waals surface area contributed by atoms with Gasteiger partial charge in [-0.1, -0.05) is 0 Å². The Morgan fingerprint density at radius 1 is 1.43 bits per heavy atom. The highest BCUT2D eigenvalue weighted by atomic mass is 35.7. The number of hydrogen-bond donors (Lipinski definition) is 1. The second-order valence-corrected chi connectivity index (χ2v) is 7.14. The Kier molecular flexibility index (Phi) is 6.44. The molecule has 0 fully saturated rings. The standard InChI is InChI=1S/C13H18ClNO5S/c1-9-6-11(21(14,17)18)4-5-12(9)20-8-13(16)15-10(2)7-19-3/h4-6,10H,7-8H2,1-3H3,(H,15,16). The smallest absolute Gasteiger partial charge is 0.261 e. The highest BCUT2D eigenvalue weighted by Gasteiger charge is 2.13. The van der Waals surface area contributed by atoms with Gasteiger partial charge in [0, 0.05) is 23.8 Å². The van der Waals surface area contributed by atoms with Crippen molar-refractivity contribution in [1.82, 2.24) is 5.32 Å². The van der Waals surface area contributed by atoms with Crippen LogP contribution in [0, 0.1) is 6.92 Å². The SMILES string of the molecule is COCC(C)NC(=O)COc1ccc(S(=O)(=O)Cl)cc1C. The minimum atomic E-state index is -3.77. The number of rotatable bonds is 7. The average molecular weight is 336 g/mol. The van der Waals surface area contributed by atoms with Crippen LogP contribution in [-0.2, 0) is 18.6 Å². The lowest BCUT2D eigenvalue weighted by atomic mass is 10.2. The molecule has 0 radical (unpaired) electrons. The summed E-state index contributed by atoms with van der Waals surface area (Å²) in [6, 6.07) is 4.08. The van der Waals surface area contributed by atoms with Crippen LogP contribution in [0.1, 0.15) is 12.5 Å². The summed E-state index contributed by atoms with van der Waals surface area (Å²) in [5.74, 6) is 0.140.